The second kappa shape index (κ2) is 5.91. The number of halogens is 3. The minimum absolute atomic E-state index is 0.0746. The molecule has 2 rings (SSSR count). The average Bonchev–Trinajstić information content (AvgIpc) is 2.83. The molecule has 6 heteroatoms. The van der Waals surface area contributed by atoms with Crippen LogP contribution in [0.15, 0.2) is 16.6 Å². The van der Waals surface area contributed by atoms with Gasteiger partial charge in [-0.25, -0.2) is 13.6 Å². The highest BCUT2D eigenvalue weighted by Gasteiger charge is 2.35. The van der Waals surface area contributed by atoms with Crippen LogP contribution in [0.2, 0.25) is 0 Å². The van der Waals surface area contributed by atoms with E-state index in [0.29, 0.717) is 13.0 Å². The molecule has 0 bridgehead atoms. The summed E-state index contributed by atoms with van der Waals surface area (Å²) in [6.07, 6.45) is 0.839. The van der Waals surface area contributed by atoms with E-state index in [4.69, 9.17) is 4.74 Å². The lowest BCUT2D eigenvalue weighted by atomic mass is 10.0. The summed E-state index contributed by atoms with van der Waals surface area (Å²) in [5.41, 5.74) is -0.424. The fourth-order valence-electron chi connectivity index (χ4n) is 2.43. The number of carbonyl (C=O) groups is 1. The van der Waals surface area contributed by atoms with Gasteiger partial charge in [-0.3, -0.25) is 0 Å². The molecule has 1 atom stereocenters. The van der Waals surface area contributed by atoms with E-state index in [1.165, 1.54) is 17.0 Å². The summed E-state index contributed by atoms with van der Waals surface area (Å²) < 4.78 is 33.2. The van der Waals surface area contributed by atoms with E-state index in [0.717, 1.165) is 6.42 Å². The van der Waals surface area contributed by atoms with Crippen molar-refractivity contribution in [1.82, 2.24) is 4.90 Å². The molecule has 1 saturated heterocycles. The minimum Gasteiger partial charge on any atom is -0.444 e. The molecule has 1 aliphatic rings. The fraction of sp³-hybridized carbons (Fsp3) is 0.533. The number of benzene rings is 1. The van der Waals surface area contributed by atoms with Gasteiger partial charge >= 0.3 is 6.09 Å². The average molecular weight is 362 g/mol. The highest BCUT2D eigenvalue weighted by molar-refractivity contribution is 9.10. The van der Waals surface area contributed by atoms with Gasteiger partial charge in [-0.05, 0) is 55.6 Å². The summed E-state index contributed by atoms with van der Waals surface area (Å²) in [5.74, 6) is -1.84. The lowest BCUT2D eigenvalue weighted by Crippen LogP contribution is -2.36. The maximum absolute atomic E-state index is 14.1. The molecule has 0 N–H and O–H groups in total. The Kier molecular flexibility index (Phi) is 4.56. The zero-order valence-electron chi connectivity index (χ0n) is 12.3. The molecule has 0 saturated carbocycles. The van der Waals surface area contributed by atoms with Crippen LogP contribution in [0, 0.1) is 11.6 Å². The summed E-state index contributed by atoms with van der Waals surface area (Å²) in [4.78, 5) is 13.7. The van der Waals surface area contributed by atoms with E-state index < -0.39 is 29.4 Å². The van der Waals surface area contributed by atoms with Crippen molar-refractivity contribution in [1.29, 1.82) is 0 Å². The van der Waals surface area contributed by atoms with E-state index in [1.54, 1.807) is 20.8 Å². The van der Waals surface area contributed by atoms with Gasteiger partial charge in [-0.15, -0.1) is 0 Å². The molecule has 0 radical (unpaired) electrons. The van der Waals surface area contributed by atoms with Crippen LogP contribution in [-0.4, -0.2) is 23.1 Å². The van der Waals surface area contributed by atoms with Crippen LogP contribution < -0.4 is 0 Å². The molecule has 3 nitrogen and oxygen atoms in total. The first-order chi connectivity index (χ1) is 9.70. The molecule has 1 aromatic carbocycles. The van der Waals surface area contributed by atoms with Crippen LogP contribution in [0.3, 0.4) is 0 Å². The van der Waals surface area contributed by atoms with Gasteiger partial charge in [0, 0.05) is 12.1 Å². The molecule has 1 aromatic rings. The molecule has 1 fully saturated rings. The van der Waals surface area contributed by atoms with Gasteiger partial charge in [0.2, 0.25) is 0 Å². The zero-order chi connectivity index (χ0) is 15.8. The Morgan fingerprint density at radius 1 is 1.33 bits per heavy atom. The van der Waals surface area contributed by atoms with Gasteiger partial charge in [-0.2, -0.15) is 0 Å². The number of ether oxygens (including phenoxy) is 1. The molecular formula is C15H18BrF2NO2. The van der Waals surface area contributed by atoms with E-state index in [1.807, 2.05) is 0 Å². The van der Waals surface area contributed by atoms with Crippen LogP contribution in [0.25, 0.3) is 0 Å². The van der Waals surface area contributed by atoms with Gasteiger partial charge in [-0.1, -0.05) is 6.07 Å². The summed E-state index contributed by atoms with van der Waals surface area (Å²) in [5, 5.41) is 0. The van der Waals surface area contributed by atoms with E-state index >= 15 is 0 Å². The van der Waals surface area contributed by atoms with Crippen molar-refractivity contribution in [3.63, 3.8) is 0 Å². The Morgan fingerprint density at radius 3 is 2.62 bits per heavy atom. The van der Waals surface area contributed by atoms with Crippen molar-refractivity contribution in [2.45, 2.75) is 45.3 Å². The van der Waals surface area contributed by atoms with Gasteiger partial charge in [0.05, 0.1) is 10.5 Å². The van der Waals surface area contributed by atoms with Gasteiger partial charge in [0.1, 0.15) is 5.60 Å². The van der Waals surface area contributed by atoms with Gasteiger partial charge < -0.3 is 9.64 Å². The highest BCUT2D eigenvalue weighted by atomic mass is 79.9. The van der Waals surface area contributed by atoms with Gasteiger partial charge in [0.15, 0.2) is 11.6 Å². The summed E-state index contributed by atoms with van der Waals surface area (Å²) >= 11 is 2.95. The van der Waals surface area contributed by atoms with Crippen LogP contribution in [0.4, 0.5) is 13.6 Å². The topological polar surface area (TPSA) is 29.5 Å². The van der Waals surface area contributed by atoms with Crippen molar-refractivity contribution >= 4 is 22.0 Å². The number of carbonyl (C=O) groups excluding carboxylic acids is 1. The third-order valence-electron chi connectivity index (χ3n) is 3.30. The Bertz CT molecular complexity index is 557. The second-order valence-electron chi connectivity index (χ2n) is 6.10. The predicted octanol–water partition coefficient (Wildman–Crippen LogP) is 4.80. The summed E-state index contributed by atoms with van der Waals surface area (Å²) in [6.45, 7) is 5.80. The SMILES string of the molecule is CC(C)(C)OC(=O)N1CCCC1c1ccc(Br)c(F)c1F. The summed E-state index contributed by atoms with van der Waals surface area (Å²) in [6, 6.07) is 2.48. The van der Waals surface area contributed by atoms with Crippen LogP contribution in [-0.2, 0) is 4.74 Å². The van der Waals surface area contributed by atoms with Crippen LogP contribution in [0.1, 0.15) is 45.2 Å². The van der Waals surface area contributed by atoms with E-state index in [-0.39, 0.29) is 10.0 Å². The molecule has 0 spiro atoms. The molecule has 1 unspecified atom stereocenters. The molecular weight excluding hydrogens is 344 g/mol. The molecule has 1 aliphatic heterocycles. The minimum atomic E-state index is -0.927. The van der Waals surface area contributed by atoms with Crippen molar-refractivity contribution < 1.29 is 18.3 Å². The second-order valence-corrected chi connectivity index (χ2v) is 6.95. The van der Waals surface area contributed by atoms with Gasteiger partial charge in [0.25, 0.3) is 0 Å². The largest absolute Gasteiger partial charge is 0.444 e. The standard InChI is InChI=1S/C15H18BrF2NO2/c1-15(2,3)21-14(20)19-8-4-5-11(19)9-6-7-10(16)13(18)12(9)17/h6-7,11H,4-5,8H2,1-3H3. The monoisotopic (exact) mass is 361 g/mol. The quantitative estimate of drug-likeness (QED) is 0.672. The highest BCUT2D eigenvalue weighted by Crippen LogP contribution is 2.36. The molecule has 1 heterocycles. The first-order valence-electron chi connectivity index (χ1n) is 6.83. The Morgan fingerprint density at radius 2 is 2.00 bits per heavy atom. The number of hydrogen-bond acceptors (Lipinski definition) is 2. The molecule has 1 amide bonds. The Hall–Kier alpha value is -1.17. The van der Waals surface area contributed by atoms with Crippen molar-refractivity contribution in [3.05, 3.63) is 33.8 Å². The van der Waals surface area contributed by atoms with Crippen LogP contribution >= 0.6 is 15.9 Å². The maximum atomic E-state index is 14.1. The zero-order valence-corrected chi connectivity index (χ0v) is 13.8. The number of likely N-dealkylation sites (tertiary alicyclic amines) is 1. The number of hydrogen-bond donors (Lipinski definition) is 0. The first kappa shape index (κ1) is 16.2. The fourth-order valence-corrected chi connectivity index (χ4v) is 2.73. The molecule has 0 aromatic heterocycles. The van der Waals surface area contributed by atoms with Crippen molar-refractivity contribution in [3.8, 4) is 0 Å². The lowest BCUT2D eigenvalue weighted by molar-refractivity contribution is 0.0222. The van der Waals surface area contributed by atoms with Crippen LogP contribution in [0.5, 0.6) is 0 Å². The normalized spacial score (nSPS) is 19.0. The van der Waals surface area contributed by atoms with Crippen molar-refractivity contribution in [2.24, 2.45) is 0 Å². The van der Waals surface area contributed by atoms with E-state index in [2.05, 4.69) is 15.9 Å². The number of rotatable bonds is 1. The first-order valence-corrected chi connectivity index (χ1v) is 7.63. The molecule has 21 heavy (non-hydrogen) atoms. The van der Waals surface area contributed by atoms with Crippen molar-refractivity contribution in [2.75, 3.05) is 6.54 Å². The predicted molar refractivity (Wildman–Crippen MR) is 79.0 cm³/mol. The third-order valence-corrected chi connectivity index (χ3v) is 3.92. The number of amides is 1. The Balaban J connectivity index is 2.27. The molecule has 0 aliphatic carbocycles. The smallest absolute Gasteiger partial charge is 0.410 e. The van der Waals surface area contributed by atoms with E-state index in [9.17, 15) is 13.6 Å². The summed E-state index contributed by atoms with van der Waals surface area (Å²) in [7, 11) is 0. The lowest BCUT2D eigenvalue weighted by Gasteiger charge is -2.29. The third kappa shape index (κ3) is 3.54. The Labute approximate surface area is 131 Å². The maximum Gasteiger partial charge on any atom is 0.410 e. The molecule has 116 valence electrons. The number of nitrogens with zero attached hydrogens (tertiary/aromatic N) is 1.